The van der Waals surface area contributed by atoms with Crippen LogP contribution in [0, 0.1) is 0 Å². The predicted octanol–water partition coefficient (Wildman–Crippen LogP) is 16.0. The maximum atomic E-state index is 12.8. The number of rotatable bonds is 46. The number of carbonyl (C=O) groups is 3. The van der Waals surface area contributed by atoms with E-state index in [1.54, 1.807) is 0 Å². The first-order chi connectivity index (χ1) is 28.5. The summed E-state index contributed by atoms with van der Waals surface area (Å²) < 4.78 is 6.06. The molecule has 0 saturated heterocycles. The monoisotopic (exact) mass is 814 g/mol. The maximum absolute atomic E-state index is 12.8. The molecule has 0 bridgehead atoms. The van der Waals surface area contributed by atoms with Crippen LogP contribution in [0.1, 0.15) is 264 Å². The number of unbranched alkanes of at least 4 members (excludes halogenated alkanes) is 29. The quantitative estimate of drug-likeness (QED) is 0.0363. The lowest BCUT2D eigenvalue weighted by Crippen LogP contribution is -2.28. The molecular weight excluding hydrogens is 719 g/mol. The molecule has 0 rings (SSSR count). The van der Waals surface area contributed by atoms with Crippen LogP contribution in [0.25, 0.3) is 0 Å². The Hall–Kier alpha value is -2.37. The average molecular weight is 814 g/mol. The first-order valence-electron chi connectivity index (χ1n) is 25.1. The Morgan fingerprint density at radius 2 is 0.793 bits per heavy atom. The molecule has 0 saturated carbocycles. The van der Waals surface area contributed by atoms with Crippen LogP contribution in [-0.4, -0.2) is 35.6 Å². The van der Waals surface area contributed by atoms with Crippen LogP contribution >= 0.6 is 0 Å². The second-order valence-corrected chi connectivity index (χ2v) is 17.1. The first-order valence-corrected chi connectivity index (χ1v) is 25.1. The summed E-state index contributed by atoms with van der Waals surface area (Å²) in [7, 11) is 0. The number of hydrogen-bond acceptors (Lipinski definition) is 4. The van der Waals surface area contributed by atoms with E-state index in [4.69, 9.17) is 9.84 Å². The number of esters is 1. The molecule has 0 radical (unpaired) electrons. The summed E-state index contributed by atoms with van der Waals surface area (Å²) in [5.41, 5.74) is 0. The van der Waals surface area contributed by atoms with Crippen LogP contribution in [0.15, 0.2) is 36.5 Å². The first kappa shape index (κ1) is 55.6. The van der Waals surface area contributed by atoms with E-state index >= 15 is 0 Å². The molecule has 0 aliphatic rings. The molecule has 338 valence electrons. The van der Waals surface area contributed by atoms with Crippen molar-refractivity contribution in [2.45, 2.75) is 270 Å². The number of carboxylic acid groups (broad SMARTS) is 1. The van der Waals surface area contributed by atoms with Gasteiger partial charge in [-0.1, -0.05) is 192 Å². The number of nitrogens with one attached hydrogen (secondary N) is 1. The van der Waals surface area contributed by atoms with Crippen LogP contribution in [-0.2, 0) is 19.1 Å². The van der Waals surface area contributed by atoms with E-state index in [-0.39, 0.29) is 24.5 Å². The van der Waals surface area contributed by atoms with Gasteiger partial charge in [0.05, 0.1) is 0 Å². The van der Waals surface area contributed by atoms with Gasteiger partial charge in [-0.2, -0.15) is 0 Å². The van der Waals surface area contributed by atoms with Gasteiger partial charge in [0.2, 0.25) is 5.91 Å². The Labute approximate surface area is 359 Å². The van der Waals surface area contributed by atoms with E-state index in [9.17, 15) is 14.4 Å². The van der Waals surface area contributed by atoms with E-state index in [0.717, 1.165) is 77.0 Å². The standard InChI is InChI=1S/C52H95NO5/c1-3-5-7-9-11-13-15-17-19-20-21-22-23-24-26-28-30-32-34-39-43-47-52(57)58-49(45-41-37-35-38-42-46-50(54)53-48-51(55)56)44-40-36-33-31-29-27-25-18-16-14-12-10-8-6-4-2/h15,17,20-21,27,29,49H,3-14,16,18-19,22-26,28,30-48H2,1-2H3,(H,53,54)(H,55,56)/b17-15-,21-20-,29-27-. The highest BCUT2D eigenvalue weighted by atomic mass is 16.5. The minimum Gasteiger partial charge on any atom is -0.480 e. The van der Waals surface area contributed by atoms with Crippen molar-refractivity contribution in [3.8, 4) is 0 Å². The maximum Gasteiger partial charge on any atom is 0.322 e. The summed E-state index contributed by atoms with van der Waals surface area (Å²) in [5, 5.41) is 11.1. The summed E-state index contributed by atoms with van der Waals surface area (Å²) in [6.07, 6.45) is 60.0. The van der Waals surface area contributed by atoms with Crippen LogP contribution < -0.4 is 5.32 Å². The molecule has 6 nitrogen and oxygen atoms in total. The van der Waals surface area contributed by atoms with E-state index in [1.807, 2.05) is 0 Å². The van der Waals surface area contributed by atoms with Crippen LogP contribution in [0.4, 0.5) is 0 Å². The van der Waals surface area contributed by atoms with E-state index in [1.165, 1.54) is 161 Å². The summed E-state index contributed by atoms with van der Waals surface area (Å²) in [4.78, 5) is 35.2. The van der Waals surface area contributed by atoms with E-state index in [2.05, 4.69) is 55.6 Å². The number of amides is 1. The smallest absolute Gasteiger partial charge is 0.322 e. The SMILES string of the molecule is CCCCCCC/C=C\C/C=C\CCCCCCCCCCCC(=O)OC(CCCCC/C=C\CCCCCCCCCC)CCCCCCCC(=O)NCC(=O)O. The summed E-state index contributed by atoms with van der Waals surface area (Å²) >= 11 is 0. The van der Waals surface area contributed by atoms with Gasteiger partial charge in [0.1, 0.15) is 12.6 Å². The van der Waals surface area contributed by atoms with Crippen molar-refractivity contribution < 1.29 is 24.2 Å². The topological polar surface area (TPSA) is 92.7 Å². The molecule has 0 aliphatic heterocycles. The lowest BCUT2D eigenvalue weighted by Gasteiger charge is -2.18. The van der Waals surface area contributed by atoms with Crippen LogP contribution in [0.5, 0.6) is 0 Å². The Kier molecular flexibility index (Phi) is 45.4. The normalized spacial score (nSPS) is 12.3. The fourth-order valence-electron chi connectivity index (χ4n) is 7.54. The second kappa shape index (κ2) is 47.3. The van der Waals surface area contributed by atoms with Gasteiger partial charge in [-0.3, -0.25) is 14.4 Å². The number of ether oxygens (including phenoxy) is 1. The molecule has 0 aliphatic carbocycles. The lowest BCUT2D eigenvalue weighted by molar-refractivity contribution is -0.150. The molecule has 0 heterocycles. The number of hydrogen-bond donors (Lipinski definition) is 2. The number of carbonyl (C=O) groups excluding carboxylic acids is 2. The highest BCUT2D eigenvalue weighted by molar-refractivity contribution is 5.80. The third kappa shape index (κ3) is 46.3. The predicted molar refractivity (Wildman–Crippen MR) is 249 cm³/mol. The molecule has 0 aromatic heterocycles. The summed E-state index contributed by atoms with van der Waals surface area (Å²) in [5.74, 6) is -1.23. The van der Waals surface area contributed by atoms with Crippen LogP contribution in [0.2, 0.25) is 0 Å². The fourth-order valence-corrected chi connectivity index (χ4v) is 7.54. The zero-order valence-electron chi connectivity index (χ0n) is 38.4. The van der Waals surface area contributed by atoms with Gasteiger partial charge in [-0.05, 0) is 96.3 Å². The van der Waals surface area contributed by atoms with Gasteiger partial charge in [-0.15, -0.1) is 0 Å². The second-order valence-electron chi connectivity index (χ2n) is 17.1. The molecule has 58 heavy (non-hydrogen) atoms. The zero-order valence-corrected chi connectivity index (χ0v) is 38.4. The van der Waals surface area contributed by atoms with E-state index < -0.39 is 5.97 Å². The number of aliphatic carboxylic acids is 1. The third-order valence-corrected chi connectivity index (χ3v) is 11.3. The molecular formula is C52H95NO5. The molecule has 2 N–H and O–H groups in total. The van der Waals surface area contributed by atoms with Crippen molar-refractivity contribution in [2.24, 2.45) is 0 Å². The zero-order chi connectivity index (χ0) is 42.3. The number of allylic oxidation sites excluding steroid dienone is 6. The Balaban J connectivity index is 4.13. The molecule has 0 aromatic carbocycles. The van der Waals surface area contributed by atoms with Crippen molar-refractivity contribution in [3.63, 3.8) is 0 Å². The minimum atomic E-state index is -1.02. The van der Waals surface area contributed by atoms with Gasteiger partial charge in [0.25, 0.3) is 0 Å². The summed E-state index contributed by atoms with van der Waals surface area (Å²) in [6.45, 7) is 4.23. The average Bonchev–Trinajstić information content (AvgIpc) is 3.21. The van der Waals surface area contributed by atoms with Gasteiger partial charge in [0, 0.05) is 12.8 Å². The van der Waals surface area contributed by atoms with Gasteiger partial charge < -0.3 is 15.2 Å². The Morgan fingerprint density at radius 1 is 0.448 bits per heavy atom. The van der Waals surface area contributed by atoms with Gasteiger partial charge in [0.15, 0.2) is 0 Å². The molecule has 0 aromatic rings. The van der Waals surface area contributed by atoms with Crippen molar-refractivity contribution in [1.82, 2.24) is 5.32 Å². The molecule has 6 heteroatoms. The van der Waals surface area contributed by atoms with Crippen LogP contribution in [0.3, 0.4) is 0 Å². The Bertz CT molecular complexity index is 988. The lowest BCUT2D eigenvalue weighted by atomic mass is 10.0. The molecule has 1 amide bonds. The molecule has 1 unspecified atom stereocenters. The minimum absolute atomic E-state index is 0.00837. The molecule has 0 fully saturated rings. The van der Waals surface area contributed by atoms with E-state index in [0.29, 0.717) is 12.8 Å². The number of carboxylic acids is 1. The van der Waals surface area contributed by atoms with Crippen molar-refractivity contribution in [3.05, 3.63) is 36.5 Å². The third-order valence-electron chi connectivity index (χ3n) is 11.3. The fraction of sp³-hybridized carbons (Fsp3) is 0.827. The van der Waals surface area contributed by atoms with Gasteiger partial charge in [-0.25, -0.2) is 0 Å². The van der Waals surface area contributed by atoms with Gasteiger partial charge >= 0.3 is 11.9 Å². The summed E-state index contributed by atoms with van der Waals surface area (Å²) in [6, 6.07) is 0. The molecule has 1 atom stereocenters. The van der Waals surface area contributed by atoms with Crippen molar-refractivity contribution in [1.29, 1.82) is 0 Å². The molecule has 0 spiro atoms. The highest BCUT2D eigenvalue weighted by Gasteiger charge is 2.14. The van der Waals surface area contributed by atoms with Crippen molar-refractivity contribution in [2.75, 3.05) is 6.54 Å². The van der Waals surface area contributed by atoms with Crippen molar-refractivity contribution >= 4 is 17.8 Å². The largest absolute Gasteiger partial charge is 0.480 e. The highest BCUT2D eigenvalue weighted by Crippen LogP contribution is 2.19. The Morgan fingerprint density at radius 3 is 1.22 bits per heavy atom.